The summed E-state index contributed by atoms with van der Waals surface area (Å²) in [5.74, 6) is 0.560. The molecule has 0 aromatic rings. The molecule has 0 aromatic carbocycles. The number of rotatable bonds is 6. The number of hydrogen-bond donors (Lipinski definition) is 2. The molecule has 2 rings (SSSR count). The topological polar surface area (TPSA) is 84.7 Å². The van der Waals surface area contributed by atoms with Crippen molar-refractivity contribution in [1.82, 2.24) is 10.2 Å². The molecule has 6 heteroatoms. The molecule has 1 aliphatic heterocycles. The largest absolute Gasteiger partial charge is 0.378 e. The van der Waals surface area contributed by atoms with Gasteiger partial charge in [0.15, 0.2) is 0 Å². The van der Waals surface area contributed by atoms with Crippen LogP contribution in [0.5, 0.6) is 0 Å². The van der Waals surface area contributed by atoms with E-state index in [1.165, 1.54) is 0 Å². The number of carbonyl (C=O) groups is 2. The Balaban J connectivity index is 1.57. The van der Waals surface area contributed by atoms with E-state index in [2.05, 4.69) is 5.32 Å². The summed E-state index contributed by atoms with van der Waals surface area (Å²) in [7, 11) is 0. The maximum atomic E-state index is 11.8. The molecule has 1 saturated carbocycles. The fourth-order valence-electron chi connectivity index (χ4n) is 2.26. The minimum absolute atomic E-state index is 0.0186. The van der Waals surface area contributed by atoms with Crippen molar-refractivity contribution in [3.63, 3.8) is 0 Å². The molecule has 3 N–H and O–H groups in total. The molecule has 1 unspecified atom stereocenters. The SMILES string of the molecule is NC(CC(=O)NCCC(=O)N1CCOCC1)C1CC1. The quantitative estimate of drug-likeness (QED) is 0.679. The number of nitrogens with two attached hydrogens (primary N) is 1. The van der Waals surface area contributed by atoms with Gasteiger partial charge in [-0.25, -0.2) is 0 Å². The van der Waals surface area contributed by atoms with E-state index < -0.39 is 0 Å². The first-order valence-corrected chi connectivity index (χ1v) is 7.04. The number of amides is 2. The van der Waals surface area contributed by atoms with Crippen LogP contribution in [0.15, 0.2) is 0 Å². The van der Waals surface area contributed by atoms with Crippen LogP contribution in [0.4, 0.5) is 0 Å². The summed E-state index contributed by atoms with van der Waals surface area (Å²) in [4.78, 5) is 25.2. The zero-order valence-corrected chi connectivity index (χ0v) is 11.3. The lowest BCUT2D eigenvalue weighted by atomic mass is 10.1. The summed E-state index contributed by atoms with van der Waals surface area (Å²) in [5.41, 5.74) is 5.88. The van der Waals surface area contributed by atoms with E-state index in [0.717, 1.165) is 12.8 Å². The van der Waals surface area contributed by atoms with Gasteiger partial charge in [-0.2, -0.15) is 0 Å². The van der Waals surface area contributed by atoms with Gasteiger partial charge in [0.05, 0.1) is 13.2 Å². The molecule has 0 spiro atoms. The van der Waals surface area contributed by atoms with Gasteiger partial charge in [0.2, 0.25) is 11.8 Å². The third kappa shape index (κ3) is 4.80. The standard InChI is InChI=1S/C13H23N3O3/c14-11(10-1-2-10)9-12(17)15-4-3-13(18)16-5-7-19-8-6-16/h10-11H,1-9,14H2,(H,15,17). The molecule has 2 aliphatic rings. The van der Waals surface area contributed by atoms with Crippen LogP contribution in [0.1, 0.15) is 25.7 Å². The number of carbonyl (C=O) groups excluding carboxylic acids is 2. The molecule has 19 heavy (non-hydrogen) atoms. The van der Waals surface area contributed by atoms with Crippen LogP contribution < -0.4 is 11.1 Å². The zero-order valence-electron chi connectivity index (χ0n) is 11.3. The summed E-state index contributed by atoms with van der Waals surface area (Å²) in [6.45, 7) is 2.91. The monoisotopic (exact) mass is 269 g/mol. The smallest absolute Gasteiger partial charge is 0.224 e. The Kier molecular flexibility index (Phi) is 5.15. The van der Waals surface area contributed by atoms with Crippen LogP contribution in [0.25, 0.3) is 0 Å². The molecule has 1 aliphatic carbocycles. The molecule has 1 heterocycles. The Morgan fingerprint density at radius 2 is 2.00 bits per heavy atom. The lowest BCUT2D eigenvalue weighted by molar-refractivity contribution is -0.135. The molecule has 1 atom stereocenters. The Morgan fingerprint density at radius 3 is 2.63 bits per heavy atom. The van der Waals surface area contributed by atoms with Crippen molar-refractivity contribution in [3.05, 3.63) is 0 Å². The van der Waals surface area contributed by atoms with E-state index >= 15 is 0 Å². The average Bonchev–Trinajstić information content (AvgIpc) is 3.24. The van der Waals surface area contributed by atoms with Crippen LogP contribution in [0.3, 0.4) is 0 Å². The van der Waals surface area contributed by atoms with Crippen LogP contribution in [-0.2, 0) is 14.3 Å². The van der Waals surface area contributed by atoms with E-state index in [9.17, 15) is 9.59 Å². The predicted octanol–water partition coefficient (Wildman–Crippen LogP) is -0.521. The average molecular weight is 269 g/mol. The van der Waals surface area contributed by atoms with E-state index in [1.807, 2.05) is 0 Å². The second-order valence-corrected chi connectivity index (χ2v) is 5.30. The van der Waals surface area contributed by atoms with Gasteiger partial charge in [0.1, 0.15) is 0 Å². The van der Waals surface area contributed by atoms with Gasteiger partial charge >= 0.3 is 0 Å². The van der Waals surface area contributed by atoms with Crippen molar-refractivity contribution in [2.75, 3.05) is 32.8 Å². The zero-order chi connectivity index (χ0) is 13.7. The number of nitrogens with zero attached hydrogens (tertiary/aromatic N) is 1. The van der Waals surface area contributed by atoms with Crippen molar-refractivity contribution in [3.8, 4) is 0 Å². The van der Waals surface area contributed by atoms with Gasteiger partial charge in [0, 0.05) is 38.5 Å². The fraction of sp³-hybridized carbons (Fsp3) is 0.846. The van der Waals surface area contributed by atoms with Crippen molar-refractivity contribution < 1.29 is 14.3 Å². The summed E-state index contributed by atoms with van der Waals surface area (Å²) < 4.78 is 5.19. The Morgan fingerprint density at radius 1 is 1.32 bits per heavy atom. The number of nitrogens with one attached hydrogen (secondary N) is 1. The first-order chi connectivity index (χ1) is 9.16. The minimum Gasteiger partial charge on any atom is -0.378 e. The van der Waals surface area contributed by atoms with Gasteiger partial charge < -0.3 is 20.7 Å². The van der Waals surface area contributed by atoms with Gasteiger partial charge in [-0.1, -0.05) is 0 Å². The van der Waals surface area contributed by atoms with Crippen molar-refractivity contribution in [2.45, 2.75) is 31.7 Å². The minimum atomic E-state index is -0.0471. The highest BCUT2D eigenvalue weighted by atomic mass is 16.5. The normalized spacial score (nSPS) is 21.0. The first kappa shape index (κ1) is 14.3. The molecule has 2 amide bonds. The molecular formula is C13H23N3O3. The molecule has 1 saturated heterocycles. The summed E-state index contributed by atoms with van der Waals surface area (Å²) in [6, 6.07) is -0.0186. The molecule has 108 valence electrons. The second-order valence-electron chi connectivity index (χ2n) is 5.30. The summed E-state index contributed by atoms with van der Waals surface area (Å²) in [6.07, 6.45) is 3.01. The van der Waals surface area contributed by atoms with Gasteiger partial charge in [-0.3, -0.25) is 9.59 Å². The third-order valence-electron chi connectivity index (χ3n) is 3.67. The maximum absolute atomic E-state index is 11.8. The van der Waals surface area contributed by atoms with Gasteiger partial charge in [0.25, 0.3) is 0 Å². The Labute approximate surface area is 113 Å². The maximum Gasteiger partial charge on any atom is 0.224 e. The van der Waals surface area contributed by atoms with Crippen LogP contribution in [0.2, 0.25) is 0 Å². The third-order valence-corrected chi connectivity index (χ3v) is 3.67. The predicted molar refractivity (Wildman–Crippen MR) is 70.3 cm³/mol. The lowest BCUT2D eigenvalue weighted by Crippen LogP contribution is -2.42. The highest BCUT2D eigenvalue weighted by molar-refractivity contribution is 5.79. The molecule has 6 nitrogen and oxygen atoms in total. The second kappa shape index (κ2) is 6.86. The van der Waals surface area contributed by atoms with Gasteiger partial charge in [-0.15, -0.1) is 0 Å². The molecule has 0 radical (unpaired) electrons. The summed E-state index contributed by atoms with van der Waals surface area (Å²) in [5, 5.41) is 2.77. The van der Waals surface area contributed by atoms with Crippen LogP contribution in [0, 0.1) is 5.92 Å². The number of hydrogen-bond acceptors (Lipinski definition) is 4. The molecule has 0 bridgehead atoms. The Hall–Kier alpha value is -1.14. The highest BCUT2D eigenvalue weighted by Gasteiger charge is 2.29. The van der Waals surface area contributed by atoms with Crippen LogP contribution >= 0.6 is 0 Å². The fourth-order valence-corrected chi connectivity index (χ4v) is 2.26. The van der Waals surface area contributed by atoms with Crippen molar-refractivity contribution in [2.24, 2.45) is 11.7 Å². The van der Waals surface area contributed by atoms with E-state index in [-0.39, 0.29) is 17.9 Å². The molecule has 2 fully saturated rings. The van der Waals surface area contributed by atoms with Crippen molar-refractivity contribution >= 4 is 11.8 Å². The van der Waals surface area contributed by atoms with Gasteiger partial charge in [-0.05, 0) is 18.8 Å². The van der Waals surface area contributed by atoms with E-state index in [4.69, 9.17) is 10.5 Å². The lowest BCUT2D eigenvalue weighted by Gasteiger charge is -2.26. The summed E-state index contributed by atoms with van der Waals surface area (Å²) >= 11 is 0. The van der Waals surface area contributed by atoms with Crippen molar-refractivity contribution in [1.29, 1.82) is 0 Å². The van der Waals surface area contributed by atoms with E-state index in [1.54, 1.807) is 4.90 Å². The van der Waals surface area contributed by atoms with E-state index in [0.29, 0.717) is 51.6 Å². The number of morpholine rings is 1. The Bertz CT molecular complexity index is 325. The molecule has 0 aromatic heterocycles. The first-order valence-electron chi connectivity index (χ1n) is 7.04. The van der Waals surface area contributed by atoms with Crippen LogP contribution in [-0.4, -0.2) is 55.6 Å². The number of ether oxygens (including phenoxy) is 1. The highest BCUT2D eigenvalue weighted by Crippen LogP contribution is 2.32. The molecular weight excluding hydrogens is 246 g/mol.